The van der Waals surface area contributed by atoms with Gasteiger partial charge in [-0.2, -0.15) is 15.8 Å². The third kappa shape index (κ3) is 6.03. The monoisotopic (exact) mass is 466 g/mol. The first kappa shape index (κ1) is 25.0. The normalized spacial score (nSPS) is 13.7. The molecular weight excluding hydrogens is 440 g/mol. The average Bonchev–Trinajstić information content (AvgIpc) is 2.86. The minimum absolute atomic E-state index is 0.0330. The van der Waals surface area contributed by atoms with Gasteiger partial charge in [-0.15, -0.1) is 0 Å². The quantitative estimate of drug-likeness (QED) is 0.401. The maximum Gasteiger partial charge on any atom is 0.0991 e. The summed E-state index contributed by atoms with van der Waals surface area (Å²) in [7, 11) is 0. The minimum atomic E-state index is -0.721. The van der Waals surface area contributed by atoms with Crippen molar-refractivity contribution in [2.45, 2.75) is 45.2 Å². The SMILES string of the molecule is C[C@H](N[C@@H](c1cccc(C#N)c1)C(C)(C)C#N)C(Cc1ccc(Cl)cc1)c1cccc(C#N)c1. The van der Waals surface area contributed by atoms with Crippen LogP contribution < -0.4 is 5.32 Å². The van der Waals surface area contributed by atoms with E-state index in [-0.39, 0.29) is 18.0 Å². The Bertz CT molecular complexity index is 1260. The lowest BCUT2D eigenvalue weighted by atomic mass is 9.79. The van der Waals surface area contributed by atoms with Gasteiger partial charge in [-0.25, -0.2) is 0 Å². The standard InChI is InChI=1S/C29H27ClN4/c1-20(34-28(29(2,3)19-33)25-9-5-7-23(15-25)18-32)27(16-21-10-12-26(30)13-11-21)24-8-4-6-22(14-24)17-31/h4-15,20,27-28,34H,16H2,1-3H3/t20-,27?,28-/m0/s1. The maximum atomic E-state index is 9.95. The van der Waals surface area contributed by atoms with E-state index in [1.165, 1.54) is 0 Å². The van der Waals surface area contributed by atoms with Crippen molar-refractivity contribution in [2.24, 2.45) is 5.41 Å². The highest BCUT2D eigenvalue weighted by molar-refractivity contribution is 6.30. The Labute approximate surface area is 207 Å². The molecule has 0 aromatic heterocycles. The van der Waals surface area contributed by atoms with E-state index in [9.17, 15) is 15.8 Å². The summed E-state index contributed by atoms with van der Waals surface area (Å²) >= 11 is 6.09. The van der Waals surface area contributed by atoms with Crippen molar-refractivity contribution in [3.63, 3.8) is 0 Å². The zero-order valence-electron chi connectivity index (χ0n) is 19.6. The first-order chi connectivity index (χ1) is 16.3. The predicted molar refractivity (Wildman–Crippen MR) is 135 cm³/mol. The Hall–Kier alpha value is -3.62. The van der Waals surface area contributed by atoms with E-state index in [2.05, 4.69) is 30.4 Å². The van der Waals surface area contributed by atoms with Crippen LogP contribution in [0.5, 0.6) is 0 Å². The molecule has 0 aliphatic rings. The fraction of sp³-hybridized carbons (Fsp3) is 0.276. The van der Waals surface area contributed by atoms with Crippen LogP contribution in [0.4, 0.5) is 0 Å². The fourth-order valence-electron chi connectivity index (χ4n) is 4.25. The van der Waals surface area contributed by atoms with Crippen LogP contribution in [0.1, 0.15) is 60.5 Å². The van der Waals surface area contributed by atoms with Gasteiger partial charge in [0.15, 0.2) is 0 Å². The number of nitrogens with one attached hydrogen (secondary N) is 1. The Balaban J connectivity index is 2.01. The summed E-state index contributed by atoms with van der Waals surface area (Å²) in [4.78, 5) is 0. The number of rotatable bonds is 8. The van der Waals surface area contributed by atoms with Crippen molar-refractivity contribution in [3.05, 3.63) is 106 Å². The van der Waals surface area contributed by atoms with E-state index in [0.717, 1.165) is 23.1 Å². The molecule has 4 nitrogen and oxygen atoms in total. The Kier molecular flexibility index (Phi) is 8.09. The molecule has 0 radical (unpaired) electrons. The number of halogens is 1. The smallest absolute Gasteiger partial charge is 0.0991 e. The Morgan fingerprint density at radius 2 is 1.41 bits per heavy atom. The second-order valence-corrected chi connectivity index (χ2v) is 9.57. The summed E-state index contributed by atoms with van der Waals surface area (Å²) in [5.41, 5.74) is 3.53. The van der Waals surface area contributed by atoms with E-state index in [0.29, 0.717) is 16.1 Å². The highest BCUT2D eigenvalue weighted by Crippen LogP contribution is 2.36. The number of hydrogen-bond donors (Lipinski definition) is 1. The summed E-state index contributed by atoms with van der Waals surface area (Å²) in [5, 5.41) is 33.2. The molecule has 0 saturated heterocycles. The third-order valence-corrected chi connectivity index (χ3v) is 6.46. The molecule has 0 spiro atoms. The fourth-order valence-corrected chi connectivity index (χ4v) is 4.38. The van der Waals surface area contributed by atoms with Crippen molar-refractivity contribution in [3.8, 4) is 18.2 Å². The number of hydrogen-bond acceptors (Lipinski definition) is 4. The average molecular weight is 467 g/mol. The number of nitrogens with zero attached hydrogens (tertiary/aromatic N) is 3. The van der Waals surface area contributed by atoms with Gasteiger partial charge in [0.25, 0.3) is 0 Å². The summed E-state index contributed by atoms with van der Waals surface area (Å²) in [6.07, 6.45) is 0.734. The Morgan fingerprint density at radius 1 is 0.853 bits per heavy atom. The highest BCUT2D eigenvalue weighted by Gasteiger charge is 2.34. The van der Waals surface area contributed by atoms with Gasteiger partial charge in [0, 0.05) is 17.0 Å². The van der Waals surface area contributed by atoms with Crippen molar-refractivity contribution < 1.29 is 0 Å². The maximum absolute atomic E-state index is 9.95. The van der Waals surface area contributed by atoms with Crippen molar-refractivity contribution in [1.29, 1.82) is 15.8 Å². The van der Waals surface area contributed by atoms with Crippen LogP contribution in [-0.4, -0.2) is 6.04 Å². The molecule has 1 unspecified atom stereocenters. The van der Waals surface area contributed by atoms with Gasteiger partial charge in [0.1, 0.15) is 0 Å². The number of nitriles is 3. The van der Waals surface area contributed by atoms with Crippen molar-refractivity contribution in [1.82, 2.24) is 5.32 Å². The molecule has 1 N–H and O–H groups in total. The molecule has 34 heavy (non-hydrogen) atoms. The molecule has 0 aliphatic heterocycles. The molecule has 0 heterocycles. The van der Waals surface area contributed by atoms with Gasteiger partial charge in [-0.05, 0) is 80.3 Å². The predicted octanol–water partition coefficient (Wildman–Crippen LogP) is 6.68. The molecule has 3 aromatic carbocycles. The zero-order valence-corrected chi connectivity index (χ0v) is 20.3. The molecular formula is C29H27ClN4. The van der Waals surface area contributed by atoms with Crippen LogP contribution in [0.2, 0.25) is 5.02 Å². The van der Waals surface area contributed by atoms with Gasteiger partial charge < -0.3 is 5.32 Å². The van der Waals surface area contributed by atoms with Crippen LogP contribution in [0, 0.1) is 39.4 Å². The third-order valence-electron chi connectivity index (χ3n) is 6.20. The van der Waals surface area contributed by atoms with E-state index in [1.54, 1.807) is 12.1 Å². The van der Waals surface area contributed by atoms with E-state index >= 15 is 0 Å². The lowest BCUT2D eigenvalue weighted by Crippen LogP contribution is -2.42. The van der Waals surface area contributed by atoms with Gasteiger partial charge in [0.05, 0.1) is 40.8 Å². The lowest BCUT2D eigenvalue weighted by Gasteiger charge is -2.36. The van der Waals surface area contributed by atoms with E-state index < -0.39 is 5.41 Å². The lowest BCUT2D eigenvalue weighted by molar-refractivity contribution is 0.281. The molecule has 3 aromatic rings. The topological polar surface area (TPSA) is 83.4 Å². The first-order valence-electron chi connectivity index (χ1n) is 11.2. The zero-order chi connectivity index (χ0) is 24.7. The van der Waals surface area contributed by atoms with Gasteiger partial charge >= 0.3 is 0 Å². The molecule has 0 fully saturated rings. The molecule has 0 bridgehead atoms. The molecule has 0 saturated carbocycles. The Morgan fingerprint density at radius 3 is 1.97 bits per heavy atom. The van der Waals surface area contributed by atoms with Crippen molar-refractivity contribution in [2.75, 3.05) is 0 Å². The minimum Gasteiger partial charge on any atom is -0.305 e. The van der Waals surface area contributed by atoms with Crippen LogP contribution >= 0.6 is 11.6 Å². The van der Waals surface area contributed by atoms with Gasteiger partial charge in [-0.3, -0.25) is 0 Å². The van der Waals surface area contributed by atoms with E-state index in [4.69, 9.17) is 11.6 Å². The molecule has 0 aliphatic carbocycles. The molecule has 170 valence electrons. The molecule has 5 heteroatoms. The van der Waals surface area contributed by atoms with Crippen LogP contribution in [0.15, 0.2) is 72.8 Å². The largest absolute Gasteiger partial charge is 0.305 e. The van der Waals surface area contributed by atoms with Crippen LogP contribution in [0.25, 0.3) is 0 Å². The second-order valence-electron chi connectivity index (χ2n) is 9.13. The van der Waals surface area contributed by atoms with E-state index in [1.807, 2.05) is 74.5 Å². The van der Waals surface area contributed by atoms with Crippen LogP contribution in [0.3, 0.4) is 0 Å². The highest BCUT2D eigenvalue weighted by atomic mass is 35.5. The summed E-state index contributed by atoms with van der Waals surface area (Å²) in [5.74, 6) is 0.0330. The molecule has 0 amide bonds. The number of benzene rings is 3. The van der Waals surface area contributed by atoms with Gasteiger partial charge in [0.2, 0.25) is 0 Å². The first-order valence-corrected chi connectivity index (χ1v) is 11.6. The van der Waals surface area contributed by atoms with Crippen molar-refractivity contribution >= 4 is 11.6 Å². The summed E-state index contributed by atoms with van der Waals surface area (Å²) < 4.78 is 0. The second kappa shape index (κ2) is 11.0. The summed E-state index contributed by atoms with van der Waals surface area (Å²) in [6.45, 7) is 5.91. The van der Waals surface area contributed by atoms with Gasteiger partial charge in [-0.1, -0.05) is 48.0 Å². The molecule has 3 atom stereocenters. The molecule has 3 rings (SSSR count). The van der Waals surface area contributed by atoms with Crippen LogP contribution in [-0.2, 0) is 6.42 Å². The summed E-state index contributed by atoms with van der Waals surface area (Å²) in [6, 6.07) is 29.4.